The lowest BCUT2D eigenvalue weighted by Crippen LogP contribution is -2.47. The van der Waals surface area contributed by atoms with Gasteiger partial charge in [-0.2, -0.15) is 0 Å². The third-order valence-corrected chi connectivity index (χ3v) is 8.60. The van der Waals surface area contributed by atoms with Crippen LogP contribution < -0.4 is 0 Å². The van der Waals surface area contributed by atoms with Crippen molar-refractivity contribution in [3.8, 4) is 0 Å². The maximum absolute atomic E-state index is 13.0. The van der Waals surface area contributed by atoms with Gasteiger partial charge in [-0.05, 0) is 31.2 Å². The average molecular weight is 377 g/mol. The highest BCUT2D eigenvalue weighted by Crippen LogP contribution is 2.38. The zero-order valence-electron chi connectivity index (χ0n) is 15.2. The number of sulfone groups is 1. The number of likely N-dealkylation sites (tertiary alicyclic amines) is 2. The quantitative estimate of drug-likeness (QED) is 0.801. The predicted molar refractivity (Wildman–Crippen MR) is 102 cm³/mol. The van der Waals surface area contributed by atoms with E-state index in [1.165, 1.54) is 5.56 Å². The molecule has 0 spiro atoms. The molecule has 0 unspecified atom stereocenters. The molecule has 4 rings (SSSR count). The maximum atomic E-state index is 13.0. The number of carbonyl (C=O) groups is 1. The normalized spacial score (nSPS) is 31.1. The second kappa shape index (κ2) is 7.31. The topological polar surface area (TPSA) is 57.7 Å². The first-order valence-corrected chi connectivity index (χ1v) is 11.5. The number of amides is 1. The molecule has 142 valence electrons. The molecule has 0 radical (unpaired) electrons. The van der Waals surface area contributed by atoms with Crippen LogP contribution in [0, 0.1) is 11.8 Å². The van der Waals surface area contributed by atoms with Crippen molar-refractivity contribution in [2.24, 2.45) is 11.8 Å². The third-order valence-electron chi connectivity index (χ3n) is 6.37. The average Bonchev–Trinajstić information content (AvgIpc) is 3.31. The van der Waals surface area contributed by atoms with Crippen LogP contribution in [0.25, 0.3) is 0 Å². The molecular formula is C20H28N2O3S. The van der Waals surface area contributed by atoms with E-state index in [1.54, 1.807) is 0 Å². The Morgan fingerprint density at radius 1 is 1.08 bits per heavy atom. The molecular weight excluding hydrogens is 348 g/mol. The second-order valence-electron chi connectivity index (χ2n) is 7.99. The van der Waals surface area contributed by atoms with Crippen LogP contribution in [0.4, 0.5) is 0 Å². The summed E-state index contributed by atoms with van der Waals surface area (Å²) >= 11 is 0. The van der Waals surface area contributed by atoms with Crippen LogP contribution in [-0.2, 0) is 21.1 Å². The Kier molecular flexibility index (Phi) is 5.06. The van der Waals surface area contributed by atoms with E-state index in [2.05, 4.69) is 17.0 Å². The van der Waals surface area contributed by atoms with Gasteiger partial charge in [0.25, 0.3) is 0 Å². The summed E-state index contributed by atoms with van der Waals surface area (Å²) in [5.41, 5.74) is 1.27. The first-order valence-electron chi connectivity index (χ1n) is 9.81. The van der Waals surface area contributed by atoms with E-state index in [0.29, 0.717) is 13.0 Å². The zero-order valence-corrected chi connectivity index (χ0v) is 16.0. The summed E-state index contributed by atoms with van der Waals surface area (Å²) in [6.07, 6.45) is 3.58. The molecule has 1 amide bonds. The minimum Gasteiger partial charge on any atom is -0.342 e. The molecule has 0 bridgehead atoms. The lowest BCUT2D eigenvalue weighted by molar-refractivity contribution is -0.136. The van der Waals surface area contributed by atoms with Gasteiger partial charge in [-0.1, -0.05) is 30.3 Å². The molecule has 0 N–H and O–H groups in total. The van der Waals surface area contributed by atoms with Crippen LogP contribution in [0.1, 0.15) is 24.8 Å². The number of hydrogen-bond acceptors (Lipinski definition) is 4. The van der Waals surface area contributed by atoms with Gasteiger partial charge < -0.3 is 9.80 Å². The number of fused-ring (bicyclic) bond motifs is 1. The van der Waals surface area contributed by atoms with Gasteiger partial charge in [0.2, 0.25) is 5.91 Å². The van der Waals surface area contributed by atoms with Crippen molar-refractivity contribution < 1.29 is 13.2 Å². The van der Waals surface area contributed by atoms with Crippen LogP contribution in [-0.4, -0.2) is 67.9 Å². The molecule has 3 fully saturated rings. The fourth-order valence-corrected chi connectivity index (χ4v) is 7.03. The smallest absolute Gasteiger partial charge is 0.226 e. The van der Waals surface area contributed by atoms with E-state index in [4.69, 9.17) is 0 Å². The van der Waals surface area contributed by atoms with Crippen molar-refractivity contribution in [3.05, 3.63) is 35.9 Å². The van der Waals surface area contributed by atoms with Crippen LogP contribution in [0.3, 0.4) is 0 Å². The fraction of sp³-hybridized carbons (Fsp3) is 0.650. The van der Waals surface area contributed by atoms with E-state index in [-0.39, 0.29) is 28.7 Å². The van der Waals surface area contributed by atoms with Crippen LogP contribution >= 0.6 is 0 Å². The van der Waals surface area contributed by atoms with Crippen LogP contribution in [0.5, 0.6) is 0 Å². The Bertz CT molecular complexity index is 744. The molecule has 0 saturated carbocycles. The van der Waals surface area contributed by atoms with E-state index in [9.17, 15) is 13.2 Å². The van der Waals surface area contributed by atoms with Crippen molar-refractivity contribution in [3.63, 3.8) is 0 Å². The van der Waals surface area contributed by atoms with Crippen molar-refractivity contribution >= 4 is 15.7 Å². The maximum Gasteiger partial charge on any atom is 0.226 e. The van der Waals surface area contributed by atoms with Gasteiger partial charge >= 0.3 is 0 Å². The fourth-order valence-electron chi connectivity index (χ4n) is 4.90. The summed E-state index contributed by atoms with van der Waals surface area (Å²) in [5, 5.41) is -0.358. The molecule has 0 aliphatic carbocycles. The Hall–Kier alpha value is -1.40. The molecule has 5 nitrogen and oxygen atoms in total. The summed E-state index contributed by atoms with van der Waals surface area (Å²) in [7, 11) is -3.08. The molecule has 0 aromatic heterocycles. The van der Waals surface area contributed by atoms with Gasteiger partial charge in [-0.3, -0.25) is 4.79 Å². The van der Waals surface area contributed by atoms with E-state index in [0.717, 1.165) is 45.4 Å². The standard InChI is InChI=1S/C20H28N2O3S/c23-20(22-10-4-5-11-22)17-9-13-26(24,25)19-15-21(14-18(17)19)12-8-16-6-2-1-3-7-16/h1-3,6-7,17-19H,4-5,8-15H2/t17-,18+,19+/m0/s1. The SMILES string of the molecule is O=C([C@H]1CCS(=O)(=O)[C@@H]2CN(CCc3ccccc3)C[C@H]12)N1CCCC1. The number of nitrogens with zero attached hydrogens (tertiary/aromatic N) is 2. The van der Waals surface area contributed by atoms with Crippen molar-refractivity contribution in [1.29, 1.82) is 0 Å². The molecule has 3 aliphatic rings. The van der Waals surface area contributed by atoms with Crippen LogP contribution in [0.2, 0.25) is 0 Å². The second-order valence-corrected chi connectivity index (χ2v) is 10.3. The number of rotatable bonds is 4. The molecule has 3 aliphatic heterocycles. The third kappa shape index (κ3) is 3.54. The highest BCUT2D eigenvalue weighted by molar-refractivity contribution is 7.92. The monoisotopic (exact) mass is 376 g/mol. The van der Waals surface area contributed by atoms with Gasteiger partial charge in [0, 0.05) is 44.6 Å². The van der Waals surface area contributed by atoms with Crippen molar-refractivity contribution in [2.45, 2.75) is 30.9 Å². The Morgan fingerprint density at radius 3 is 2.54 bits per heavy atom. The minimum atomic E-state index is -3.08. The Labute approximate surface area is 156 Å². The molecule has 3 atom stereocenters. The number of hydrogen-bond donors (Lipinski definition) is 0. The van der Waals surface area contributed by atoms with Crippen molar-refractivity contribution in [1.82, 2.24) is 9.80 Å². The lowest BCUT2D eigenvalue weighted by Gasteiger charge is -2.34. The summed E-state index contributed by atoms with van der Waals surface area (Å²) in [5.74, 6) is 0.239. The van der Waals surface area contributed by atoms with E-state index < -0.39 is 9.84 Å². The lowest BCUT2D eigenvalue weighted by atomic mass is 9.87. The first kappa shape index (κ1) is 18.0. The molecule has 3 heterocycles. The van der Waals surface area contributed by atoms with Gasteiger partial charge in [0.15, 0.2) is 9.84 Å². The van der Waals surface area contributed by atoms with Crippen LogP contribution in [0.15, 0.2) is 30.3 Å². The number of benzene rings is 1. The highest BCUT2D eigenvalue weighted by Gasteiger charge is 2.50. The number of carbonyl (C=O) groups excluding carboxylic acids is 1. The Balaban J connectivity index is 1.45. The molecule has 3 saturated heterocycles. The predicted octanol–water partition coefficient (Wildman–Crippen LogP) is 1.59. The van der Waals surface area contributed by atoms with Gasteiger partial charge in [-0.25, -0.2) is 8.42 Å². The van der Waals surface area contributed by atoms with Crippen molar-refractivity contribution in [2.75, 3.05) is 38.5 Å². The van der Waals surface area contributed by atoms with Gasteiger partial charge in [0.1, 0.15) is 0 Å². The minimum absolute atomic E-state index is 0.0300. The summed E-state index contributed by atoms with van der Waals surface area (Å²) < 4.78 is 25.2. The van der Waals surface area contributed by atoms with Gasteiger partial charge in [0.05, 0.1) is 11.0 Å². The molecule has 26 heavy (non-hydrogen) atoms. The first-order chi connectivity index (χ1) is 12.5. The van der Waals surface area contributed by atoms with E-state index in [1.807, 2.05) is 23.1 Å². The summed E-state index contributed by atoms with van der Waals surface area (Å²) in [6, 6.07) is 10.3. The highest BCUT2D eigenvalue weighted by atomic mass is 32.2. The summed E-state index contributed by atoms with van der Waals surface area (Å²) in [6.45, 7) is 3.87. The molecule has 1 aromatic carbocycles. The summed E-state index contributed by atoms with van der Waals surface area (Å²) in [4.78, 5) is 17.2. The zero-order chi connectivity index (χ0) is 18.1. The van der Waals surface area contributed by atoms with E-state index >= 15 is 0 Å². The molecule has 1 aromatic rings. The Morgan fingerprint density at radius 2 is 1.81 bits per heavy atom. The van der Waals surface area contributed by atoms with Gasteiger partial charge in [-0.15, -0.1) is 0 Å². The largest absolute Gasteiger partial charge is 0.342 e. The molecule has 6 heteroatoms.